The van der Waals surface area contributed by atoms with Crippen molar-refractivity contribution >= 4 is 0 Å². The molecule has 96 valence electrons. The molecule has 0 saturated carbocycles. The summed E-state index contributed by atoms with van der Waals surface area (Å²) in [7, 11) is 1.96. The first-order chi connectivity index (χ1) is 7.76. The van der Waals surface area contributed by atoms with E-state index in [1.807, 2.05) is 19.2 Å². The molecule has 0 aliphatic heterocycles. The average molecular weight is 235 g/mol. The minimum atomic E-state index is -0.00893. The van der Waals surface area contributed by atoms with Crippen molar-refractivity contribution in [2.24, 2.45) is 0 Å². The molecule has 0 bridgehead atoms. The Morgan fingerprint density at radius 2 is 1.65 bits per heavy atom. The SMILES string of the molecule is CNC(C)(C)COc1ccccc1C(C)(C)C. The summed E-state index contributed by atoms with van der Waals surface area (Å²) in [5.41, 5.74) is 1.36. The zero-order valence-corrected chi connectivity index (χ0v) is 11.9. The minimum Gasteiger partial charge on any atom is -0.491 e. The van der Waals surface area contributed by atoms with Gasteiger partial charge >= 0.3 is 0 Å². The van der Waals surface area contributed by atoms with Gasteiger partial charge in [-0.1, -0.05) is 39.0 Å². The summed E-state index contributed by atoms with van der Waals surface area (Å²) in [4.78, 5) is 0. The van der Waals surface area contributed by atoms with E-state index in [0.717, 1.165) is 5.75 Å². The number of rotatable bonds is 4. The van der Waals surface area contributed by atoms with Crippen LogP contribution in [0.25, 0.3) is 0 Å². The topological polar surface area (TPSA) is 21.3 Å². The predicted octanol–water partition coefficient (Wildman–Crippen LogP) is 3.36. The second kappa shape index (κ2) is 5.09. The molecule has 2 heteroatoms. The summed E-state index contributed by atoms with van der Waals surface area (Å²) in [6, 6.07) is 8.28. The van der Waals surface area contributed by atoms with Crippen molar-refractivity contribution in [3.63, 3.8) is 0 Å². The van der Waals surface area contributed by atoms with Crippen LogP contribution in [0, 0.1) is 0 Å². The van der Waals surface area contributed by atoms with E-state index in [1.165, 1.54) is 5.56 Å². The fraction of sp³-hybridized carbons (Fsp3) is 0.600. The van der Waals surface area contributed by atoms with Gasteiger partial charge in [-0.05, 0) is 37.9 Å². The van der Waals surface area contributed by atoms with Crippen molar-refractivity contribution in [1.29, 1.82) is 0 Å². The lowest BCUT2D eigenvalue weighted by molar-refractivity contribution is 0.213. The molecule has 0 saturated heterocycles. The van der Waals surface area contributed by atoms with Gasteiger partial charge in [-0.2, -0.15) is 0 Å². The molecule has 1 rings (SSSR count). The van der Waals surface area contributed by atoms with E-state index in [2.05, 4.69) is 52.1 Å². The molecule has 2 nitrogen and oxygen atoms in total. The second-order valence-electron chi connectivity index (χ2n) is 6.17. The highest BCUT2D eigenvalue weighted by atomic mass is 16.5. The first-order valence-electron chi connectivity index (χ1n) is 6.17. The maximum atomic E-state index is 5.96. The van der Waals surface area contributed by atoms with Gasteiger partial charge in [0.2, 0.25) is 0 Å². The Kier molecular flexibility index (Phi) is 4.21. The van der Waals surface area contributed by atoms with Gasteiger partial charge in [-0.3, -0.25) is 0 Å². The highest BCUT2D eigenvalue weighted by Crippen LogP contribution is 2.31. The molecule has 0 radical (unpaired) electrons. The number of ether oxygens (including phenoxy) is 1. The van der Waals surface area contributed by atoms with Crippen LogP contribution in [-0.4, -0.2) is 19.2 Å². The number of hydrogen-bond acceptors (Lipinski definition) is 2. The van der Waals surface area contributed by atoms with Crippen molar-refractivity contribution in [2.45, 2.75) is 45.6 Å². The summed E-state index contributed by atoms with van der Waals surface area (Å²) < 4.78 is 5.96. The number of para-hydroxylation sites is 1. The average Bonchev–Trinajstić information content (AvgIpc) is 2.26. The molecule has 1 aromatic carbocycles. The van der Waals surface area contributed by atoms with Gasteiger partial charge in [0.15, 0.2) is 0 Å². The Hall–Kier alpha value is -1.02. The lowest BCUT2D eigenvalue weighted by atomic mass is 9.86. The smallest absolute Gasteiger partial charge is 0.123 e. The molecule has 17 heavy (non-hydrogen) atoms. The van der Waals surface area contributed by atoms with E-state index in [-0.39, 0.29) is 11.0 Å². The third kappa shape index (κ3) is 4.04. The van der Waals surface area contributed by atoms with E-state index in [4.69, 9.17) is 4.74 Å². The van der Waals surface area contributed by atoms with Crippen molar-refractivity contribution in [3.8, 4) is 5.75 Å². The summed E-state index contributed by atoms with van der Waals surface area (Å²) in [5, 5.41) is 3.24. The minimum absolute atomic E-state index is 0.00893. The Morgan fingerprint density at radius 3 is 2.18 bits per heavy atom. The maximum Gasteiger partial charge on any atom is 0.123 e. The molecular formula is C15H25NO. The van der Waals surface area contributed by atoms with Gasteiger partial charge in [0.05, 0.1) is 0 Å². The number of benzene rings is 1. The van der Waals surface area contributed by atoms with Crippen LogP contribution in [0.15, 0.2) is 24.3 Å². The van der Waals surface area contributed by atoms with E-state index < -0.39 is 0 Å². The zero-order valence-electron chi connectivity index (χ0n) is 11.9. The monoisotopic (exact) mass is 235 g/mol. The van der Waals surface area contributed by atoms with Gasteiger partial charge in [0.25, 0.3) is 0 Å². The quantitative estimate of drug-likeness (QED) is 0.864. The van der Waals surface area contributed by atoms with Crippen LogP contribution in [0.2, 0.25) is 0 Å². The fourth-order valence-electron chi connectivity index (χ4n) is 1.54. The summed E-state index contributed by atoms with van der Waals surface area (Å²) in [5.74, 6) is 0.989. The molecule has 0 aromatic heterocycles. The normalized spacial score (nSPS) is 12.6. The van der Waals surface area contributed by atoms with E-state index >= 15 is 0 Å². The highest BCUT2D eigenvalue weighted by Gasteiger charge is 2.21. The van der Waals surface area contributed by atoms with Gasteiger partial charge in [0.1, 0.15) is 12.4 Å². The molecule has 0 amide bonds. The van der Waals surface area contributed by atoms with Crippen LogP contribution in [0.5, 0.6) is 5.75 Å². The predicted molar refractivity (Wildman–Crippen MR) is 73.8 cm³/mol. The molecule has 1 aromatic rings. The molecule has 0 aliphatic rings. The second-order valence-corrected chi connectivity index (χ2v) is 6.17. The first kappa shape index (κ1) is 14.0. The molecule has 0 heterocycles. The fourth-order valence-corrected chi connectivity index (χ4v) is 1.54. The third-order valence-electron chi connectivity index (χ3n) is 2.96. The lowest BCUT2D eigenvalue weighted by Crippen LogP contribution is -2.42. The summed E-state index contributed by atoms with van der Waals surface area (Å²) >= 11 is 0. The van der Waals surface area contributed by atoms with Gasteiger partial charge in [-0.15, -0.1) is 0 Å². The van der Waals surface area contributed by atoms with Crippen LogP contribution in [0.3, 0.4) is 0 Å². The van der Waals surface area contributed by atoms with E-state index in [1.54, 1.807) is 0 Å². The highest BCUT2D eigenvalue weighted by molar-refractivity contribution is 5.38. The molecule has 0 atom stereocenters. The van der Waals surface area contributed by atoms with Crippen molar-refractivity contribution in [2.75, 3.05) is 13.7 Å². The van der Waals surface area contributed by atoms with Crippen LogP contribution in [-0.2, 0) is 5.41 Å². The van der Waals surface area contributed by atoms with Gasteiger partial charge < -0.3 is 10.1 Å². The number of hydrogen-bond donors (Lipinski definition) is 1. The lowest BCUT2D eigenvalue weighted by Gasteiger charge is -2.27. The first-order valence-corrected chi connectivity index (χ1v) is 6.17. The standard InChI is InChI=1S/C15H25NO/c1-14(2,3)12-9-7-8-10-13(12)17-11-15(4,5)16-6/h7-10,16H,11H2,1-6H3. The Bertz CT molecular complexity index is 363. The van der Waals surface area contributed by atoms with Crippen LogP contribution < -0.4 is 10.1 Å². The van der Waals surface area contributed by atoms with E-state index in [0.29, 0.717) is 6.61 Å². The van der Waals surface area contributed by atoms with Gasteiger partial charge in [0, 0.05) is 5.54 Å². The van der Waals surface area contributed by atoms with Crippen molar-refractivity contribution in [1.82, 2.24) is 5.32 Å². The summed E-state index contributed by atoms with van der Waals surface area (Å²) in [6.07, 6.45) is 0. The van der Waals surface area contributed by atoms with Crippen LogP contribution in [0.4, 0.5) is 0 Å². The van der Waals surface area contributed by atoms with Crippen LogP contribution >= 0.6 is 0 Å². The third-order valence-corrected chi connectivity index (χ3v) is 2.96. The Labute approximate surface area is 105 Å². The van der Waals surface area contributed by atoms with Crippen LogP contribution in [0.1, 0.15) is 40.2 Å². The Morgan fingerprint density at radius 1 is 1.06 bits per heavy atom. The zero-order chi connectivity index (χ0) is 13.1. The van der Waals surface area contributed by atoms with Crippen molar-refractivity contribution in [3.05, 3.63) is 29.8 Å². The number of likely N-dealkylation sites (N-methyl/N-ethyl adjacent to an activating group) is 1. The molecule has 0 spiro atoms. The largest absolute Gasteiger partial charge is 0.491 e. The molecule has 1 N–H and O–H groups in total. The molecular weight excluding hydrogens is 210 g/mol. The Balaban J connectivity index is 2.85. The molecule has 0 fully saturated rings. The molecule has 0 unspecified atom stereocenters. The van der Waals surface area contributed by atoms with E-state index in [9.17, 15) is 0 Å². The van der Waals surface area contributed by atoms with Gasteiger partial charge in [-0.25, -0.2) is 0 Å². The summed E-state index contributed by atoms with van der Waals surface area (Å²) in [6.45, 7) is 11.5. The molecule has 0 aliphatic carbocycles. The maximum absolute atomic E-state index is 5.96. The number of nitrogens with one attached hydrogen (secondary N) is 1. The van der Waals surface area contributed by atoms with Crippen molar-refractivity contribution < 1.29 is 4.74 Å².